The molecule has 1 saturated carbocycles. The smallest absolute Gasteiger partial charge is 0.269 e. The predicted octanol–water partition coefficient (Wildman–Crippen LogP) is 10.9. The lowest BCUT2D eigenvalue weighted by Crippen LogP contribution is -2.70. The maximum Gasteiger partial charge on any atom is 0.269 e. The summed E-state index contributed by atoms with van der Waals surface area (Å²) >= 11 is 0. The molecule has 15 nitrogen and oxygen atoms in total. The van der Waals surface area contributed by atoms with Crippen molar-refractivity contribution in [1.29, 1.82) is 0 Å². The quantitative estimate of drug-likeness (QED) is 0.0196. The van der Waals surface area contributed by atoms with Gasteiger partial charge in [-0.2, -0.15) is 0 Å². The van der Waals surface area contributed by atoms with E-state index in [1.165, 1.54) is 60.7 Å². The van der Waals surface area contributed by atoms with Crippen molar-refractivity contribution in [3.05, 3.63) is 205 Å². The van der Waals surface area contributed by atoms with Gasteiger partial charge in [-0.3, -0.25) is 25.0 Å². The van der Waals surface area contributed by atoms with Crippen LogP contribution in [0.4, 0.5) is 20.2 Å². The first-order valence-corrected chi connectivity index (χ1v) is 24.7. The molecule has 1 fully saturated rings. The Kier molecular flexibility index (Phi) is 17.4. The molecule has 3 aliphatic rings. The number of rotatable bonds is 24. The van der Waals surface area contributed by atoms with Crippen LogP contribution < -0.4 is 9.47 Å². The summed E-state index contributed by atoms with van der Waals surface area (Å²) in [6, 6.07) is 28.2. The third-order valence-corrected chi connectivity index (χ3v) is 14.0. The molecule has 1 aliphatic heterocycles. The molecule has 0 bridgehead atoms. The van der Waals surface area contributed by atoms with Gasteiger partial charge >= 0.3 is 0 Å². The number of unbranched alkanes of at least 4 members (excludes halogenated alkanes) is 2. The topological polar surface area (TPSA) is 196 Å². The molecule has 74 heavy (non-hydrogen) atoms. The summed E-state index contributed by atoms with van der Waals surface area (Å²) in [6.45, 7) is 3.78. The second kappa shape index (κ2) is 24.4. The van der Waals surface area contributed by atoms with Gasteiger partial charge < -0.3 is 34.2 Å². The SMILES string of the molecule is C=CCOC12Oc3ccc(OCc4ccccc4F)cc3C3C(CCCCO)C(CCCCO)C=C(C(=NOCc4ccc([N+](=O)[O-])cc4)CC1N(Cc1ccc(F)cc1)C(=O)C=Cc1ccc([N+](=O)[O-])cc1)C32. The maximum absolute atomic E-state index is 15.2. The van der Waals surface area contributed by atoms with E-state index in [1.807, 2.05) is 6.07 Å². The molecule has 0 saturated heterocycles. The number of oxime groups is 1. The van der Waals surface area contributed by atoms with Crippen molar-refractivity contribution in [1.82, 2.24) is 4.90 Å². The first kappa shape index (κ1) is 52.7. The van der Waals surface area contributed by atoms with E-state index in [4.69, 9.17) is 24.2 Å². The highest BCUT2D eigenvalue weighted by molar-refractivity contribution is 6.03. The molecule has 2 aliphatic carbocycles. The summed E-state index contributed by atoms with van der Waals surface area (Å²) in [5, 5.41) is 47.9. The molecule has 6 atom stereocenters. The zero-order valence-corrected chi connectivity index (χ0v) is 40.7. The van der Waals surface area contributed by atoms with Crippen molar-refractivity contribution in [2.45, 2.75) is 82.5 Å². The molecular formula is C57H58F2N4O11. The van der Waals surface area contributed by atoms with Crippen LogP contribution in [0.1, 0.15) is 78.7 Å². The van der Waals surface area contributed by atoms with E-state index in [0.717, 1.165) is 11.1 Å². The Labute approximate surface area is 427 Å². The van der Waals surface area contributed by atoms with Gasteiger partial charge in [0.05, 0.1) is 28.1 Å². The van der Waals surface area contributed by atoms with Crippen LogP contribution in [-0.2, 0) is 34.1 Å². The van der Waals surface area contributed by atoms with Crippen molar-refractivity contribution in [3.63, 3.8) is 0 Å². The third-order valence-electron chi connectivity index (χ3n) is 14.0. The van der Waals surface area contributed by atoms with Gasteiger partial charge in [-0.15, -0.1) is 6.58 Å². The highest BCUT2D eigenvalue weighted by atomic mass is 19.1. The Morgan fingerprint density at radius 2 is 1.53 bits per heavy atom. The number of halogens is 2. The zero-order chi connectivity index (χ0) is 52.2. The number of aliphatic hydroxyl groups is 2. The lowest BCUT2D eigenvalue weighted by Gasteiger charge is -2.60. The number of carbonyl (C=O) groups excluding carboxylic acids is 1. The summed E-state index contributed by atoms with van der Waals surface area (Å²) in [7, 11) is 0. The van der Waals surface area contributed by atoms with Crippen LogP contribution in [0.3, 0.4) is 0 Å². The van der Waals surface area contributed by atoms with Crippen molar-refractivity contribution in [2.24, 2.45) is 22.9 Å². The van der Waals surface area contributed by atoms with Crippen molar-refractivity contribution in [3.8, 4) is 11.5 Å². The first-order chi connectivity index (χ1) is 35.9. The number of amides is 1. The molecule has 5 aromatic carbocycles. The number of nitro groups is 2. The number of ether oxygens (including phenoxy) is 3. The number of nitro benzene ring substituents is 2. The molecule has 386 valence electrons. The lowest BCUT2D eigenvalue weighted by molar-refractivity contribution is -0.385. The van der Waals surface area contributed by atoms with E-state index in [0.29, 0.717) is 78.0 Å². The van der Waals surface area contributed by atoms with Gasteiger partial charge in [-0.1, -0.05) is 60.5 Å². The molecule has 6 unspecified atom stereocenters. The molecule has 8 rings (SSSR count). The lowest BCUT2D eigenvalue weighted by atomic mass is 9.55. The molecule has 1 amide bonds. The number of nitrogens with zero attached hydrogens (tertiary/aromatic N) is 4. The van der Waals surface area contributed by atoms with E-state index in [1.54, 1.807) is 71.6 Å². The normalized spacial score (nSPS) is 21.2. The number of hydrogen-bond acceptors (Lipinski definition) is 12. The van der Waals surface area contributed by atoms with Gasteiger partial charge in [0.2, 0.25) is 11.7 Å². The Bertz CT molecular complexity index is 2880. The fourth-order valence-electron chi connectivity index (χ4n) is 10.5. The van der Waals surface area contributed by atoms with E-state index < -0.39 is 51.1 Å². The number of non-ortho nitro benzene ring substituents is 2. The van der Waals surface area contributed by atoms with Crippen LogP contribution in [0, 0.1) is 49.6 Å². The molecule has 1 heterocycles. The Balaban J connectivity index is 1.32. The zero-order valence-electron chi connectivity index (χ0n) is 40.7. The number of allylic oxidation sites excluding steroid dienone is 1. The predicted molar refractivity (Wildman–Crippen MR) is 273 cm³/mol. The van der Waals surface area contributed by atoms with Crippen LogP contribution in [0.2, 0.25) is 0 Å². The van der Waals surface area contributed by atoms with E-state index in [-0.39, 0.29) is 69.2 Å². The molecule has 17 heteroatoms. The molecular weight excluding hydrogens is 955 g/mol. The monoisotopic (exact) mass is 1010 g/mol. The third kappa shape index (κ3) is 12.1. The van der Waals surface area contributed by atoms with Crippen molar-refractivity contribution >= 4 is 29.1 Å². The second-order valence-corrected chi connectivity index (χ2v) is 18.6. The average Bonchev–Trinajstić information content (AvgIpc) is 3.40. The molecule has 0 spiro atoms. The van der Waals surface area contributed by atoms with Gasteiger partial charge in [0.15, 0.2) is 0 Å². The van der Waals surface area contributed by atoms with Gasteiger partial charge in [0.25, 0.3) is 11.4 Å². The van der Waals surface area contributed by atoms with Crippen LogP contribution in [-0.4, -0.2) is 68.2 Å². The highest BCUT2D eigenvalue weighted by Crippen LogP contribution is 2.62. The van der Waals surface area contributed by atoms with Gasteiger partial charge in [0.1, 0.15) is 42.4 Å². The number of benzene rings is 5. The van der Waals surface area contributed by atoms with Crippen LogP contribution in [0.15, 0.2) is 151 Å². The summed E-state index contributed by atoms with van der Waals surface area (Å²) in [5.41, 5.74) is 3.85. The van der Waals surface area contributed by atoms with Gasteiger partial charge in [0, 0.05) is 73.6 Å². The molecule has 0 radical (unpaired) electrons. The largest absolute Gasteiger partial charge is 0.489 e. The number of fused-ring (bicyclic) bond motifs is 2. The van der Waals surface area contributed by atoms with E-state index >= 15 is 4.79 Å². The minimum absolute atomic E-state index is 0.00245. The van der Waals surface area contributed by atoms with Crippen molar-refractivity contribution in [2.75, 3.05) is 19.8 Å². The molecule has 0 aromatic heterocycles. The molecule has 5 aromatic rings. The molecule has 2 N–H and O–H groups in total. The average molecular weight is 1010 g/mol. The standard InChI is InChI=1S/C57H58F2N4O11/c1-2-31-72-57-53(61(35-39-13-20-43(58)21-14-39)54(66)28-19-38-15-22-44(23-16-38)62(67)68)34-51(60-73-36-40-17-24-45(25-18-40)63(69)70)48-32-41(9-5-7-29-64)47(11-6-8-30-65)55(56(48)57)49-33-46(26-27-52(49)74-57)71-37-42-10-3-4-12-50(42)59/h2-4,10,12-28,32-33,41,47,53,55-56,64-65H,1,5-9,11,29-31,34-37H2. The fourth-order valence-corrected chi connectivity index (χ4v) is 10.5. The number of carbonyl (C=O) groups is 1. The minimum Gasteiger partial charge on any atom is -0.489 e. The number of hydrogen-bond donors (Lipinski definition) is 2. The van der Waals surface area contributed by atoms with E-state index in [9.17, 15) is 39.2 Å². The minimum atomic E-state index is -1.69. The van der Waals surface area contributed by atoms with Crippen molar-refractivity contribution < 1.29 is 52.7 Å². The van der Waals surface area contributed by atoms with Gasteiger partial charge in [-0.25, -0.2) is 8.78 Å². The second-order valence-electron chi connectivity index (χ2n) is 18.6. The number of aliphatic hydroxyl groups excluding tert-OH is 2. The van der Waals surface area contributed by atoms with Crippen LogP contribution in [0.25, 0.3) is 6.08 Å². The van der Waals surface area contributed by atoms with Crippen LogP contribution in [0.5, 0.6) is 11.5 Å². The van der Waals surface area contributed by atoms with E-state index in [2.05, 4.69) is 12.7 Å². The summed E-state index contributed by atoms with van der Waals surface area (Å²) < 4.78 is 50.2. The fraction of sp³-hybridized carbons (Fsp3) is 0.333. The first-order valence-electron chi connectivity index (χ1n) is 24.7. The highest BCUT2D eigenvalue weighted by Gasteiger charge is 2.65. The van der Waals surface area contributed by atoms with Gasteiger partial charge in [-0.05, 0) is 127 Å². The van der Waals surface area contributed by atoms with Crippen LogP contribution >= 0.6 is 0 Å². The summed E-state index contributed by atoms with van der Waals surface area (Å²) in [4.78, 5) is 44.9. The Morgan fingerprint density at radius 3 is 2.20 bits per heavy atom. The maximum atomic E-state index is 15.2. The Morgan fingerprint density at radius 1 is 0.851 bits per heavy atom. The Hall–Kier alpha value is -7.60. The summed E-state index contributed by atoms with van der Waals surface area (Å²) in [6.07, 6.45) is 10.5. The summed E-state index contributed by atoms with van der Waals surface area (Å²) in [5.74, 6) is -3.60.